The molecule has 3 aromatic heterocycles. The van der Waals surface area contributed by atoms with Crippen LogP contribution >= 0.6 is 35.3 Å². The number of nitrogens with one attached hydrogen (secondary N) is 3. The second-order valence-electron chi connectivity index (χ2n) is 14.0. The molecule has 0 fully saturated rings. The summed E-state index contributed by atoms with van der Waals surface area (Å²) in [4.78, 5) is 22.5. The quantitative estimate of drug-likeness (QED) is 0.0939. The number of halogens is 4. The molecule has 300 valence electrons. The van der Waals surface area contributed by atoms with E-state index in [0.29, 0.717) is 33.4 Å². The van der Waals surface area contributed by atoms with Crippen LogP contribution in [0.5, 0.6) is 0 Å². The fourth-order valence-electron chi connectivity index (χ4n) is 5.95. The van der Waals surface area contributed by atoms with E-state index in [2.05, 4.69) is 99.2 Å². The third kappa shape index (κ3) is 11.6. The van der Waals surface area contributed by atoms with Crippen LogP contribution in [0.3, 0.4) is 0 Å². The van der Waals surface area contributed by atoms with Gasteiger partial charge in [-0.15, -0.1) is 0 Å². The van der Waals surface area contributed by atoms with Gasteiger partial charge in [-0.3, -0.25) is 0 Å². The summed E-state index contributed by atoms with van der Waals surface area (Å²) in [7, 11) is 0. The highest BCUT2D eigenvalue weighted by atomic mass is 32.2. The molecule has 6 aromatic carbocycles. The maximum atomic E-state index is 13.5. The summed E-state index contributed by atoms with van der Waals surface area (Å²) in [6, 6.07) is 37.3. The molecule has 3 N–H and O–H groups in total. The van der Waals surface area contributed by atoms with E-state index in [1.807, 2.05) is 0 Å². The molecule has 0 radical (unpaired) electrons. The molecule has 0 atom stereocenters. The summed E-state index contributed by atoms with van der Waals surface area (Å²) in [6.45, 7) is 6.46. The summed E-state index contributed by atoms with van der Waals surface area (Å²) in [5, 5.41) is 2.30. The lowest BCUT2D eigenvalue weighted by Crippen LogP contribution is -1.88. The van der Waals surface area contributed by atoms with Gasteiger partial charge in [-0.05, 0) is 95.8 Å². The smallest absolute Gasteiger partial charge is 0.166 e. The van der Waals surface area contributed by atoms with Gasteiger partial charge in [0.1, 0.15) is 23.3 Å². The Labute approximate surface area is 352 Å². The van der Waals surface area contributed by atoms with Crippen molar-refractivity contribution in [3.8, 4) is 0 Å². The number of aryl methyl sites for hydroxylation is 1. The standard InChI is InChI=1S/C17H17FN2S.C15H13FN2S.C14H10F2N2S/c1-11(2)13-5-3-12(4-6-13)10-21-17-19-15-8-7-14(18)9-16(15)20-17;1-10-3-2-4-11(7-10)9-19-15-17-13-6-5-12(16)8-14(13)18-15;15-10-5-6-12-13(7-10)18-14(17-12)19-8-9-3-1-2-4-11(9)16/h3-9,11H,10H2,1-2H3,(H,19,20);2-8H,9H2,1H3,(H,17,18);1-7H,8H2,(H,17,18). The van der Waals surface area contributed by atoms with Crippen molar-refractivity contribution in [1.82, 2.24) is 29.9 Å². The van der Waals surface area contributed by atoms with Crippen LogP contribution in [0.4, 0.5) is 17.6 Å². The number of fused-ring (bicyclic) bond motifs is 3. The number of benzene rings is 6. The van der Waals surface area contributed by atoms with Crippen molar-refractivity contribution in [2.75, 3.05) is 0 Å². The predicted molar refractivity (Wildman–Crippen MR) is 235 cm³/mol. The van der Waals surface area contributed by atoms with Gasteiger partial charge in [0.25, 0.3) is 0 Å². The van der Waals surface area contributed by atoms with Gasteiger partial charge in [0, 0.05) is 17.3 Å². The van der Waals surface area contributed by atoms with Crippen LogP contribution in [0.15, 0.2) is 143 Å². The zero-order valence-corrected chi connectivity index (χ0v) is 34.9. The minimum atomic E-state index is -0.304. The lowest BCUT2D eigenvalue weighted by Gasteiger charge is -2.06. The van der Waals surface area contributed by atoms with E-state index in [9.17, 15) is 17.6 Å². The molecule has 9 rings (SSSR count). The fraction of sp³-hybridized carbons (Fsp3) is 0.152. The van der Waals surface area contributed by atoms with Crippen LogP contribution in [0.2, 0.25) is 0 Å². The SMILES string of the molecule is CC(C)c1ccc(CSc2nc3ccc(F)cc3[nH]2)cc1.Cc1cccc(CSc2nc3ccc(F)cc3[nH]2)c1.Fc1ccc2nc(SCc3ccccc3F)[nH]c2c1. The molecular formula is C46H40F4N6S3. The summed E-state index contributed by atoms with van der Waals surface area (Å²) >= 11 is 4.65. The zero-order chi connectivity index (χ0) is 41.3. The first kappa shape index (κ1) is 41.7. The Balaban J connectivity index is 0.000000134. The van der Waals surface area contributed by atoms with E-state index in [0.717, 1.165) is 43.9 Å². The average Bonchev–Trinajstić information content (AvgIpc) is 3.95. The second-order valence-corrected chi connectivity index (χ2v) is 16.8. The molecule has 13 heteroatoms. The molecule has 0 bridgehead atoms. The van der Waals surface area contributed by atoms with Gasteiger partial charge in [0.05, 0.1) is 33.1 Å². The first-order valence-corrected chi connectivity index (χ1v) is 21.7. The van der Waals surface area contributed by atoms with E-state index in [-0.39, 0.29) is 23.3 Å². The molecule has 0 amide bonds. The molecule has 59 heavy (non-hydrogen) atoms. The molecule has 3 heterocycles. The van der Waals surface area contributed by atoms with E-state index < -0.39 is 0 Å². The molecule has 0 saturated heterocycles. The number of nitrogens with zero attached hydrogens (tertiary/aromatic N) is 3. The van der Waals surface area contributed by atoms with Crippen molar-refractivity contribution in [2.24, 2.45) is 0 Å². The van der Waals surface area contributed by atoms with Crippen LogP contribution in [0.1, 0.15) is 47.6 Å². The number of hydrogen-bond donors (Lipinski definition) is 3. The third-order valence-corrected chi connectivity index (χ3v) is 11.9. The van der Waals surface area contributed by atoms with Gasteiger partial charge in [-0.2, -0.15) is 0 Å². The largest absolute Gasteiger partial charge is 0.333 e. The number of aromatic amines is 3. The van der Waals surface area contributed by atoms with Gasteiger partial charge in [0.2, 0.25) is 0 Å². The van der Waals surface area contributed by atoms with Crippen molar-refractivity contribution in [3.05, 3.63) is 178 Å². The van der Waals surface area contributed by atoms with E-state index in [4.69, 9.17) is 0 Å². The first-order chi connectivity index (χ1) is 28.5. The van der Waals surface area contributed by atoms with E-state index in [1.165, 1.54) is 76.5 Å². The van der Waals surface area contributed by atoms with Gasteiger partial charge in [-0.1, -0.05) is 121 Å². The first-order valence-electron chi connectivity index (χ1n) is 18.8. The fourth-order valence-corrected chi connectivity index (χ4v) is 8.49. The number of aromatic nitrogens is 6. The normalized spacial score (nSPS) is 11.2. The summed E-state index contributed by atoms with van der Waals surface area (Å²) < 4.78 is 52.7. The minimum absolute atomic E-state index is 0.225. The lowest BCUT2D eigenvalue weighted by atomic mass is 10.0. The van der Waals surface area contributed by atoms with Crippen molar-refractivity contribution in [3.63, 3.8) is 0 Å². The molecule has 0 aliphatic rings. The van der Waals surface area contributed by atoms with Crippen LogP contribution in [0.25, 0.3) is 33.1 Å². The van der Waals surface area contributed by atoms with Crippen molar-refractivity contribution in [2.45, 2.75) is 59.4 Å². The lowest BCUT2D eigenvalue weighted by molar-refractivity contribution is 0.617. The molecule has 0 saturated carbocycles. The van der Waals surface area contributed by atoms with Crippen LogP contribution < -0.4 is 0 Å². The predicted octanol–water partition coefficient (Wildman–Crippen LogP) is 13.6. The zero-order valence-electron chi connectivity index (χ0n) is 32.4. The molecule has 0 unspecified atom stereocenters. The Kier molecular flexibility index (Phi) is 13.8. The molecule has 0 aliphatic carbocycles. The Bertz CT molecular complexity index is 2800. The van der Waals surface area contributed by atoms with Gasteiger partial charge in [0.15, 0.2) is 15.5 Å². The monoisotopic (exact) mass is 848 g/mol. The topological polar surface area (TPSA) is 86.0 Å². The number of H-pyrrole nitrogens is 3. The molecule has 9 aromatic rings. The van der Waals surface area contributed by atoms with Crippen molar-refractivity contribution >= 4 is 68.4 Å². The van der Waals surface area contributed by atoms with E-state index in [1.54, 1.807) is 59.9 Å². The second kappa shape index (κ2) is 19.5. The molecule has 0 spiro atoms. The van der Waals surface area contributed by atoms with Crippen molar-refractivity contribution < 1.29 is 17.6 Å². The van der Waals surface area contributed by atoms with Crippen LogP contribution in [-0.4, -0.2) is 29.9 Å². The Hall–Kier alpha value is -5.50. The summed E-state index contributed by atoms with van der Waals surface area (Å²) in [5.41, 5.74) is 10.2. The Morgan fingerprint density at radius 2 is 0.966 bits per heavy atom. The van der Waals surface area contributed by atoms with Crippen molar-refractivity contribution in [1.29, 1.82) is 0 Å². The maximum absolute atomic E-state index is 13.5. The maximum Gasteiger partial charge on any atom is 0.166 e. The highest BCUT2D eigenvalue weighted by molar-refractivity contribution is 7.98. The van der Waals surface area contributed by atoms with Gasteiger partial charge >= 0.3 is 0 Å². The Morgan fingerprint density at radius 1 is 0.492 bits per heavy atom. The highest BCUT2D eigenvalue weighted by Gasteiger charge is 2.09. The number of imidazole rings is 3. The molecule has 6 nitrogen and oxygen atoms in total. The Morgan fingerprint density at radius 3 is 1.44 bits per heavy atom. The summed E-state index contributed by atoms with van der Waals surface area (Å²) in [5.74, 6) is 1.72. The molecule has 0 aliphatic heterocycles. The molecular weight excluding hydrogens is 809 g/mol. The minimum Gasteiger partial charge on any atom is -0.333 e. The number of hydrogen-bond acceptors (Lipinski definition) is 6. The average molecular weight is 849 g/mol. The number of thioether (sulfide) groups is 3. The van der Waals surface area contributed by atoms with Gasteiger partial charge in [-0.25, -0.2) is 32.5 Å². The number of rotatable bonds is 10. The van der Waals surface area contributed by atoms with E-state index >= 15 is 0 Å². The summed E-state index contributed by atoms with van der Waals surface area (Å²) in [6.07, 6.45) is 0. The van der Waals surface area contributed by atoms with Gasteiger partial charge < -0.3 is 15.0 Å². The van der Waals surface area contributed by atoms with Crippen LogP contribution in [0, 0.1) is 30.2 Å². The highest BCUT2D eigenvalue weighted by Crippen LogP contribution is 2.27. The third-order valence-electron chi connectivity index (χ3n) is 9.07. The van der Waals surface area contributed by atoms with Crippen LogP contribution in [-0.2, 0) is 17.3 Å².